The Hall–Kier alpha value is -0.830. The Morgan fingerprint density at radius 2 is 2.25 bits per heavy atom. The maximum atomic E-state index is 10.6. The smallest absolute Gasteiger partial charge is 0.0718 e. The van der Waals surface area contributed by atoms with Crippen LogP contribution < -0.4 is 5.11 Å². The Kier molecular flexibility index (Phi) is 2.87. The fourth-order valence-corrected chi connectivity index (χ4v) is 1.46. The summed E-state index contributed by atoms with van der Waals surface area (Å²) in [7, 11) is 0. The molecule has 0 N–H and O–H groups in total. The van der Waals surface area contributed by atoms with Crippen molar-refractivity contribution in [3.63, 3.8) is 0 Å². The second-order valence-electron chi connectivity index (χ2n) is 2.44. The number of carboxylic acid groups (broad SMARTS) is 1. The van der Waals surface area contributed by atoms with Crippen LogP contribution in [0.5, 0.6) is 0 Å². The molecule has 0 fully saturated rings. The van der Waals surface area contributed by atoms with E-state index < -0.39 is 5.97 Å². The van der Waals surface area contributed by atoms with Crippen LogP contribution in [0.25, 0.3) is 0 Å². The summed E-state index contributed by atoms with van der Waals surface area (Å²) in [6.07, 6.45) is 0.697. The van der Waals surface area contributed by atoms with Crippen molar-refractivity contribution in [1.29, 1.82) is 0 Å². The number of aromatic carboxylic acids is 1. The van der Waals surface area contributed by atoms with Gasteiger partial charge < -0.3 is 9.90 Å². The van der Waals surface area contributed by atoms with E-state index in [-0.39, 0.29) is 5.56 Å². The highest BCUT2D eigenvalue weighted by Gasteiger charge is 2.01. The number of aryl methyl sites for hydroxylation is 1. The molecule has 1 aromatic carbocycles. The normalized spacial score (nSPS) is 9.83. The minimum atomic E-state index is -1.11. The molecule has 0 atom stereocenters. The van der Waals surface area contributed by atoms with Crippen molar-refractivity contribution in [2.75, 3.05) is 0 Å². The third kappa shape index (κ3) is 1.85. The summed E-state index contributed by atoms with van der Waals surface area (Å²) < 4.78 is 0.893. The molecule has 0 bridgehead atoms. The predicted molar refractivity (Wildman–Crippen MR) is 47.9 cm³/mol. The zero-order chi connectivity index (χ0) is 9.14. The Bertz CT molecular complexity index is 307. The van der Waals surface area contributed by atoms with Gasteiger partial charge in [-0.15, -0.1) is 0 Å². The van der Waals surface area contributed by atoms with Gasteiger partial charge in [0.05, 0.1) is 5.97 Å². The average molecular weight is 228 g/mol. The van der Waals surface area contributed by atoms with Crippen molar-refractivity contribution in [1.82, 2.24) is 0 Å². The van der Waals surface area contributed by atoms with E-state index in [1.54, 1.807) is 18.2 Å². The zero-order valence-electron chi connectivity index (χ0n) is 6.63. The van der Waals surface area contributed by atoms with Gasteiger partial charge in [0.2, 0.25) is 0 Å². The molecule has 0 aliphatic carbocycles. The summed E-state index contributed by atoms with van der Waals surface area (Å²) in [5.41, 5.74) is 1.07. The molecule has 2 nitrogen and oxygen atoms in total. The molecule has 0 aliphatic rings. The minimum absolute atomic E-state index is 0.278. The maximum Gasteiger partial charge on any atom is 0.0718 e. The number of hydrogen-bond acceptors (Lipinski definition) is 2. The van der Waals surface area contributed by atoms with Gasteiger partial charge >= 0.3 is 0 Å². The molecule has 3 heteroatoms. The van der Waals surface area contributed by atoms with Gasteiger partial charge in [-0.2, -0.15) is 0 Å². The SMILES string of the molecule is CCc1cc(Br)ccc1C(=O)[O-]. The zero-order valence-corrected chi connectivity index (χ0v) is 8.22. The van der Waals surface area contributed by atoms with E-state index in [0.717, 1.165) is 10.0 Å². The first-order valence-electron chi connectivity index (χ1n) is 3.65. The first kappa shape index (κ1) is 9.26. The molecule has 0 amide bonds. The third-order valence-electron chi connectivity index (χ3n) is 1.67. The van der Waals surface area contributed by atoms with Crippen LogP contribution in [0.15, 0.2) is 22.7 Å². The molecule has 0 unspecified atom stereocenters. The summed E-state index contributed by atoms with van der Waals surface area (Å²) in [5, 5.41) is 10.6. The number of hydrogen-bond donors (Lipinski definition) is 0. The molecular formula is C9H8BrO2-. The van der Waals surface area contributed by atoms with Gasteiger partial charge in [0.1, 0.15) is 0 Å². The molecule has 0 aromatic heterocycles. The van der Waals surface area contributed by atoms with Crippen molar-refractivity contribution in [2.45, 2.75) is 13.3 Å². The number of carboxylic acids is 1. The van der Waals surface area contributed by atoms with E-state index in [4.69, 9.17) is 0 Å². The van der Waals surface area contributed by atoms with Crippen molar-refractivity contribution in [3.05, 3.63) is 33.8 Å². The third-order valence-corrected chi connectivity index (χ3v) is 2.16. The van der Waals surface area contributed by atoms with E-state index in [2.05, 4.69) is 15.9 Å². The first-order chi connectivity index (χ1) is 5.65. The topological polar surface area (TPSA) is 40.1 Å². The monoisotopic (exact) mass is 227 g/mol. The Morgan fingerprint density at radius 1 is 1.58 bits per heavy atom. The van der Waals surface area contributed by atoms with Gasteiger partial charge in [-0.25, -0.2) is 0 Å². The molecule has 0 spiro atoms. The fourth-order valence-electron chi connectivity index (χ4n) is 1.05. The summed E-state index contributed by atoms with van der Waals surface area (Å²) in [4.78, 5) is 10.6. The number of rotatable bonds is 2. The van der Waals surface area contributed by atoms with Crippen LogP contribution in [0.4, 0.5) is 0 Å². The van der Waals surface area contributed by atoms with Crippen LogP contribution in [-0.4, -0.2) is 5.97 Å². The van der Waals surface area contributed by atoms with Crippen LogP contribution >= 0.6 is 15.9 Å². The van der Waals surface area contributed by atoms with Crippen LogP contribution in [0, 0.1) is 0 Å². The molecule has 12 heavy (non-hydrogen) atoms. The lowest BCUT2D eigenvalue weighted by Gasteiger charge is -2.08. The fraction of sp³-hybridized carbons (Fsp3) is 0.222. The number of halogens is 1. The van der Waals surface area contributed by atoms with Crippen molar-refractivity contribution >= 4 is 21.9 Å². The minimum Gasteiger partial charge on any atom is -0.545 e. The molecular weight excluding hydrogens is 220 g/mol. The highest BCUT2D eigenvalue weighted by molar-refractivity contribution is 9.10. The van der Waals surface area contributed by atoms with E-state index in [9.17, 15) is 9.90 Å². The largest absolute Gasteiger partial charge is 0.545 e. The molecule has 1 rings (SSSR count). The van der Waals surface area contributed by atoms with Crippen molar-refractivity contribution in [3.8, 4) is 0 Å². The van der Waals surface area contributed by atoms with Crippen LogP contribution in [0.1, 0.15) is 22.8 Å². The maximum absolute atomic E-state index is 10.6. The van der Waals surface area contributed by atoms with Crippen LogP contribution in [-0.2, 0) is 6.42 Å². The second-order valence-corrected chi connectivity index (χ2v) is 3.36. The molecule has 0 aliphatic heterocycles. The summed E-state index contributed by atoms with van der Waals surface area (Å²) in [5.74, 6) is -1.11. The predicted octanol–water partition coefficient (Wildman–Crippen LogP) is 1.38. The second kappa shape index (κ2) is 3.72. The molecule has 0 saturated heterocycles. The molecule has 0 saturated carbocycles. The molecule has 0 radical (unpaired) electrons. The van der Waals surface area contributed by atoms with Gasteiger partial charge in [-0.3, -0.25) is 0 Å². The van der Waals surface area contributed by atoms with E-state index in [0.29, 0.717) is 6.42 Å². The highest BCUT2D eigenvalue weighted by Crippen LogP contribution is 2.16. The average Bonchev–Trinajstić information content (AvgIpc) is 2.03. The Balaban J connectivity index is 3.20. The molecule has 64 valence electrons. The Morgan fingerprint density at radius 3 is 2.75 bits per heavy atom. The van der Waals surface area contributed by atoms with Gasteiger partial charge in [0.25, 0.3) is 0 Å². The van der Waals surface area contributed by atoms with Gasteiger partial charge in [0, 0.05) is 10.0 Å². The standard InChI is InChI=1S/C9H9BrO2/c1-2-6-5-7(10)3-4-8(6)9(11)12/h3-5H,2H2,1H3,(H,11,12)/p-1. The Labute approximate surface area is 79.3 Å². The van der Waals surface area contributed by atoms with Crippen LogP contribution in [0.2, 0.25) is 0 Å². The van der Waals surface area contributed by atoms with Gasteiger partial charge in [-0.1, -0.05) is 28.9 Å². The molecule has 0 heterocycles. The molecule has 1 aromatic rings. The van der Waals surface area contributed by atoms with Gasteiger partial charge in [0.15, 0.2) is 0 Å². The highest BCUT2D eigenvalue weighted by atomic mass is 79.9. The van der Waals surface area contributed by atoms with E-state index >= 15 is 0 Å². The summed E-state index contributed by atoms with van der Waals surface area (Å²) >= 11 is 3.27. The summed E-state index contributed by atoms with van der Waals surface area (Å²) in [6, 6.07) is 5.05. The number of benzene rings is 1. The van der Waals surface area contributed by atoms with Crippen LogP contribution in [0.3, 0.4) is 0 Å². The summed E-state index contributed by atoms with van der Waals surface area (Å²) in [6.45, 7) is 1.91. The first-order valence-corrected chi connectivity index (χ1v) is 4.44. The van der Waals surface area contributed by atoms with E-state index in [1.165, 1.54) is 0 Å². The lowest BCUT2D eigenvalue weighted by molar-refractivity contribution is -0.255. The van der Waals surface area contributed by atoms with E-state index in [1.807, 2.05) is 6.92 Å². The number of carbonyl (C=O) groups is 1. The number of carbonyl (C=O) groups excluding carboxylic acids is 1. The lowest BCUT2D eigenvalue weighted by atomic mass is 10.1. The quantitative estimate of drug-likeness (QED) is 0.766. The van der Waals surface area contributed by atoms with Gasteiger partial charge in [-0.05, 0) is 24.1 Å². The van der Waals surface area contributed by atoms with Crippen molar-refractivity contribution in [2.24, 2.45) is 0 Å². The lowest BCUT2D eigenvalue weighted by Crippen LogP contribution is -2.23. The van der Waals surface area contributed by atoms with Crippen molar-refractivity contribution < 1.29 is 9.90 Å².